The summed E-state index contributed by atoms with van der Waals surface area (Å²) in [6.45, 7) is 10.1. The maximum atomic E-state index is 5.87. The van der Waals surface area contributed by atoms with Crippen LogP contribution < -0.4 is 11.1 Å². The molecule has 1 rings (SSSR count). The van der Waals surface area contributed by atoms with E-state index in [2.05, 4.69) is 66.1 Å². The van der Waals surface area contributed by atoms with Gasteiger partial charge in [-0.3, -0.25) is 4.99 Å². The summed E-state index contributed by atoms with van der Waals surface area (Å²) in [5, 5.41) is 3.14. The first-order chi connectivity index (χ1) is 8.83. The second kappa shape index (κ2) is 8.87. The first-order valence-electron chi connectivity index (χ1n) is 6.61. The summed E-state index contributed by atoms with van der Waals surface area (Å²) in [7, 11) is 0. The Morgan fingerprint density at radius 2 is 1.95 bits per heavy atom. The fraction of sp³-hybridized carbons (Fsp3) is 0.533. The van der Waals surface area contributed by atoms with Crippen molar-refractivity contribution < 1.29 is 0 Å². The monoisotopic (exact) mass is 453 g/mol. The van der Waals surface area contributed by atoms with E-state index in [4.69, 9.17) is 5.73 Å². The van der Waals surface area contributed by atoms with E-state index in [-0.39, 0.29) is 29.4 Å². The predicted molar refractivity (Wildman–Crippen MR) is 102 cm³/mol. The number of hydrogen-bond acceptors (Lipinski definition) is 1. The molecule has 5 heteroatoms. The Bertz CT molecular complexity index is 444. The zero-order chi connectivity index (χ0) is 14.5. The first kappa shape index (κ1) is 19.7. The molecule has 0 saturated heterocycles. The quantitative estimate of drug-likeness (QED) is 0.403. The Balaban J connectivity index is 0.00000361. The van der Waals surface area contributed by atoms with Crippen LogP contribution in [0.25, 0.3) is 0 Å². The SMILES string of the molecule is CC(C)CNC(N)=NCC(C)(C)c1ccccc1Br.I. The largest absolute Gasteiger partial charge is 0.370 e. The molecule has 0 radical (unpaired) electrons. The maximum absolute atomic E-state index is 5.87. The van der Waals surface area contributed by atoms with Crippen molar-refractivity contribution in [3.63, 3.8) is 0 Å². The summed E-state index contributed by atoms with van der Waals surface area (Å²) < 4.78 is 1.11. The topological polar surface area (TPSA) is 50.4 Å². The predicted octanol–water partition coefficient (Wildman–Crippen LogP) is 3.91. The summed E-state index contributed by atoms with van der Waals surface area (Å²) in [4.78, 5) is 4.45. The fourth-order valence-corrected chi connectivity index (χ4v) is 2.56. The third kappa shape index (κ3) is 6.43. The van der Waals surface area contributed by atoms with Gasteiger partial charge in [0.05, 0.1) is 6.54 Å². The van der Waals surface area contributed by atoms with Crippen molar-refractivity contribution in [3.05, 3.63) is 34.3 Å². The van der Waals surface area contributed by atoms with Gasteiger partial charge in [0.15, 0.2) is 5.96 Å². The molecule has 20 heavy (non-hydrogen) atoms. The van der Waals surface area contributed by atoms with Crippen LogP contribution in [0.2, 0.25) is 0 Å². The number of nitrogens with zero attached hydrogens (tertiary/aromatic N) is 1. The molecule has 1 aromatic rings. The minimum Gasteiger partial charge on any atom is -0.370 e. The molecule has 0 aromatic heterocycles. The van der Waals surface area contributed by atoms with Crippen molar-refractivity contribution in [3.8, 4) is 0 Å². The van der Waals surface area contributed by atoms with Crippen LogP contribution >= 0.6 is 39.9 Å². The van der Waals surface area contributed by atoms with E-state index < -0.39 is 0 Å². The second-order valence-corrected chi connectivity index (χ2v) is 6.69. The smallest absolute Gasteiger partial charge is 0.188 e. The van der Waals surface area contributed by atoms with Crippen LogP contribution in [0.1, 0.15) is 33.3 Å². The molecule has 0 heterocycles. The van der Waals surface area contributed by atoms with Gasteiger partial charge in [-0.2, -0.15) is 0 Å². The van der Waals surface area contributed by atoms with Crippen LogP contribution in [0.15, 0.2) is 33.7 Å². The van der Waals surface area contributed by atoms with Gasteiger partial charge in [-0.15, -0.1) is 24.0 Å². The summed E-state index contributed by atoms with van der Waals surface area (Å²) in [6, 6.07) is 8.25. The maximum Gasteiger partial charge on any atom is 0.188 e. The van der Waals surface area contributed by atoms with Crippen molar-refractivity contribution in [1.82, 2.24) is 5.32 Å². The molecule has 3 N–H and O–H groups in total. The van der Waals surface area contributed by atoms with Crippen LogP contribution in [0.4, 0.5) is 0 Å². The van der Waals surface area contributed by atoms with Crippen molar-refractivity contribution in [2.75, 3.05) is 13.1 Å². The number of nitrogens with one attached hydrogen (secondary N) is 1. The molecule has 0 amide bonds. The normalized spacial score (nSPS) is 12.2. The van der Waals surface area contributed by atoms with E-state index in [1.807, 2.05) is 12.1 Å². The van der Waals surface area contributed by atoms with Gasteiger partial charge in [0.1, 0.15) is 0 Å². The molecular formula is C15H25BrIN3. The molecule has 0 aliphatic rings. The van der Waals surface area contributed by atoms with Crippen LogP contribution in [-0.2, 0) is 5.41 Å². The van der Waals surface area contributed by atoms with E-state index in [1.165, 1.54) is 5.56 Å². The summed E-state index contributed by atoms with van der Waals surface area (Å²) in [5.74, 6) is 1.08. The summed E-state index contributed by atoms with van der Waals surface area (Å²) >= 11 is 3.59. The van der Waals surface area contributed by atoms with Gasteiger partial charge in [-0.1, -0.05) is 61.8 Å². The zero-order valence-corrected chi connectivity index (χ0v) is 16.5. The van der Waals surface area contributed by atoms with E-state index in [0.29, 0.717) is 18.4 Å². The standard InChI is InChI=1S/C15H24BrN3.HI/c1-11(2)9-18-14(17)19-10-15(3,4)12-7-5-6-8-13(12)16;/h5-8,11H,9-10H2,1-4H3,(H3,17,18,19);1H. The second-order valence-electron chi connectivity index (χ2n) is 5.84. The Labute approximate surface area is 148 Å². The molecule has 0 bridgehead atoms. The average Bonchev–Trinajstić information content (AvgIpc) is 2.34. The van der Waals surface area contributed by atoms with Crippen LogP contribution in [0.3, 0.4) is 0 Å². The number of aliphatic imine (C=N–C) groups is 1. The number of guanidine groups is 1. The minimum atomic E-state index is -0.0514. The highest BCUT2D eigenvalue weighted by Gasteiger charge is 2.22. The first-order valence-corrected chi connectivity index (χ1v) is 7.41. The Kier molecular flexibility index (Phi) is 8.74. The molecule has 1 aromatic carbocycles. The lowest BCUT2D eigenvalue weighted by atomic mass is 9.85. The average molecular weight is 454 g/mol. The third-order valence-electron chi connectivity index (χ3n) is 2.94. The molecule has 3 nitrogen and oxygen atoms in total. The fourth-order valence-electron chi connectivity index (χ4n) is 1.74. The van der Waals surface area contributed by atoms with Crippen molar-refractivity contribution >= 4 is 45.9 Å². The van der Waals surface area contributed by atoms with Crippen LogP contribution in [0, 0.1) is 5.92 Å². The van der Waals surface area contributed by atoms with Crippen LogP contribution in [-0.4, -0.2) is 19.0 Å². The van der Waals surface area contributed by atoms with Crippen molar-refractivity contribution in [2.45, 2.75) is 33.1 Å². The van der Waals surface area contributed by atoms with E-state index >= 15 is 0 Å². The van der Waals surface area contributed by atoms with E-state index in [0.717, 1.165) is 11.0 Å². The Morgan fingerprint density at radius 3 is 2.50 bits per heavy atom. The van der Waals surface area contributed by atoms with Crippen molar-refractivity contribution in [1.29, 1.82) is 0 Å². The van der Waals surface area contributed by atoms with Crippen LogP contribution in [0.5, 0.6) is 0 Å². The number of nitrogens with two attached hydrogens (primary N) is 1. The minimum absolute atomic E-state index is 0. The van der Waals surface area contributed by atoms with E-state index in [9.17, 15) is 0 Å². The lowest BCUT2D eigenvalue weighted by Gasteiger charge is -2.24. The van der Waals surface area contributed by atoms with Gasteiger partial charge in [0, 0.05) is 16.4 Å². The molecule has 0 unspecified atom stereocenters. The van der Waals surface area contributed by atoms with Gasteiger partial charge in [-0.05, 0) is 17.5 Å². The molecule has 0 saturated carbocycles. The number of benzene rings is 1. The molecule has 0 atom stereocenters. The molecular weight excluding hydrogens is 429 g/mol. The lowest BCUT2D eigenvalue weighted by molar-refractivity contribution is 0.534. The highest BCUT2D eigenvalue weighted by Crippen LogP contribution is 2.30. The summed E-state index contributed by atoms with van der Waals surface area (Å²) in [6.07, 6.45) is 0. The Morgan fingerprint density at radius 1 is 1.35 bits per heavy atom. The van der Waals surface area contributed by atoms with Gasteiger partial charge >= 0.3 is 0 Å². The lowest BCUT2D eigenvalue weighted by Crippen LogP contribution is -2.35. The van der Waals surface area contributed by atoms with Gasteiger partial charge in [0.25, 0.3) is 0 Å². The molecule has 0 aliphatic heterocycles. The third-order valence-corrected chi connectivity index (χ3v) is 3.63. The van der Waals surface area contributed by atoms with E-state index in [1.54, 1.807) is 0 Å². The molecule has 114 valence electrons. The summed E-state index contributed by atoms with van der Waals surface area (Å²) in [5.41, 5.74) is 7.07. The zero-order valence-electron chi connectivity index (χ0n) is 12.6. The highest BCUT2D eigenvalue weighted by atomic mass is 127. The van der Waals surface area contributed by atoms with Gasteiger partial charge < -0.3 is 11.1 Å². The number of halogens is 2. The number of rotatable bonds is 5. The molecule has 0 aliphatic carbocycles. The van der Waals surface area contributed by atoms with Gasteiger partial charge in [0.2, 0.25) is 0 Å². The molecule has 0 spiro atoms. The number of hydrogen-bond donors (Lipinski definition) is 2. The molecule has 0 fully saturated rings. The van der Waals surface area contributed by atoms with Gasteiger partial charge in [-0.25, -0.2) is 0 Å². The Hall–Kier alpha value is -0.300. The van der Waals surface area contributed by atoms with Crippen molar-refractivity contribution in [2.24, 2.45) is 16.6 Å². The highest BCUT2D eigenvalue weighted by molar-refractivity contribution is 14.0.